The van der Waals surface area contributed by atoms with E-state index in [9.17, 15) is 4.79 Å². The summed E-state index contributed by atoms with van der Waals surface area (Å²) in [6, 6.07) is 0. The molecule has 18 heavy (non-hydrogen) atoms. The lowest BCUT2D eigenvalue weighted by atomic mass is 10.1. The van der Waals surface area contributed by atoms with Gasteiger partial charge in [-0.2, -0.15) is 0 Å². The summed E-state index contributed by atoms with van der Waals surface area (Å²) in [6.45, 7) is 6.94. The summed E-state index contributed by atoms with van der Waals surface area (Å²) < 4.78 is 5.50. The molecule has 2 aliphatic heterocycles. The predicted octanol–water partition coefficient (Wildman–Crippen LogP) is -0.0809. The number of rotatable bonds is 5. The summed E-state index contributed by atoms with van der Waals surface area (Å²) in [5, 5.41) is 3.33. The Bertz CT molecular complexity index is 261. The van der Waals surface area contributed by atoms with Crippen molar-refractivity contribution >= 4 is 5.91 Å². The van der Waals surface area contributed by atoms with E-state index in [4.69, 9.17) is 4.74 Å². The molecule has 5 heteroatoms. The molecule has 0 aromatic heterocycles. The first kappa shape index (κ1) is 13.8. The number of amides is 1. The molecule has 1 atom stereocenters. The van der Waals surface area contributed by atoms with Crippen LogP contribution >= 0.6 is 0 Å². The number of carbonyl (C=O) groups excluding carboxylic acids is 1. The van der Waals surface area contributed by atoms with Gasteiger partial charge in [0.1, 0.15) is 0 Å². The Morgan fingerprint density at radius 2 is 2.22 bits per heavy atom. The van der Waals surface area contributed by atoms with E-state index in [1.54, 1.807) is 0 Å². The van der Waals surface area contributed by atoms with Crippen LogP contribution in [0.5, 0.6) is 0 Å². The average molecular weight is 255 g/mol. The number of carbonyl (C=O) groups is 1. The Hall–Kier alpha value is -0.650. The SMILES string of the molecule is CN(CCN1CCNCC1)C(=O)CC1CCCO1. The van der Waals surface area contributed by atoms with Gasteiger partial charge in [-0.1, -0.05) is 0 Å². The summed E-state index contributed by atoms with van der Waals surface area (Å²) >= 11 is 0. The van der Waals surface area contributed by atoms with Gasteiger partial charge in [-0.25, -0.2) is 0 Å². The first-order valence-corrected chi connectivity index (χ1v) is 7.04. The second-order valence-corrected chi connectivity index (χ2v) is 5.25. The normalized spacial score (nSPS) is 25.3. The molecule has 0 radical (unpaired) electrons. The Labute approximate surface area is 109 Å². The number of nitrogens with zero attached hydrogens (tertiary/aromatic N) is 2. The highest BCUT2D eigenvalue weighted by molar-refractivity contribution is 5.76. The third-order valence-corrected chi connectivity index (χ3v) is 3.81. The fraction of sp³-hybridized carbons (Fsp3) is 0.923. The number of hydrogen-bond acceptors (Lipinski definition) is 4. The van der Waals surface area contributed by atoms with E-state index in [2.05, 4.69) is 10.2 Å². The van der Waals surface area contributed by atoms with E-state index in [-0.39, 0.29) is 12.0 Å². The zero-order chi connectivity index (χ0) is 12.8. The zero-order valence-electron chi connectivity index (χ0n) is 11.4. The highest BCUT2D eigenvalue weighted by Crippen LogP contribution is 2.15. The molecule has 0 spiro atoms. The maximum atomic E-state index is 12.0. The van der Waals surface area contributed by atoms with Crippen molar-refractivity contribution < 1.29 is 9.53 Å². The van der Waals surface area contributed by atoms with Gasteiger partial charge in [-0.05, 0) is 12.8 Å². The molecule has 2 rings (SSSR count). The van der Waals surface area contributed by atoms with E-state index in [1.165, 1.54) is 0 Å². The van der Waals surface area contributed by atoms with Gasteiger partial charge in [0.25, 0.3) is 0 Å². The second kappa shape index (κ2) is 7.07. The number of nitrogens with one attached hydrogen (secondary N) is 1. The molecule has 0 aliphatic carbocycles. The molecule has 1 N–H and O–H groups in total. The van der Waals surface area contributed by atoms with Crippen LogP contribution in [0.15, 0.2) is 0 Å². The van der Waals surface area contributed by atoms with E-state index < -0.39 is 0 Å². The monoisotopic (exact) mass is 255 g/mol. The maximum Gasteiger partial charge on any atom is 0.224 e. The summed E-state index contributed by atoms with van der Waals surface area (Å²) in [5.74, 6) is 0.219. The molecular formula is C13H25N3O2. The summed E-state index contributed by atoms with van der Waals surface area (Å²) in [5.41, 5.74) is 0. The molecule has 2 fully saturated rings. The number of ether oxygens (including phenoxy) is 1. The van der Waals surface area contributed by atoms with Crippen molar-refractivity contribution in [2.45, 2.75) is 25.4 Å². The van der Waals surface area contributed by atoms with Crippen LogP contribution in [0.4, 0.5) is 0 Å². The Balaban J connectivity index is 1.63. The molecular weight excluding hydrogens is 230 g/mol. The lowest BCUT2D eigenvalue weighted by Crippen LogP contribution is -2.46. The van der Waals surface area contributed by atoms with Crippen molar-refractivity contribution in [3.8, 4) is 0 Å². The van der Waals surface area contributed by atoms with Crippen molar-refractivity contribution in [1.82, 2.24) is 15.1 Å². The summed E-state index contributed by atoms with van der Waals surface area (Å²) in [7, 11) is 1.90. The van der Waals surface area contributed by atoms with Gasteiger partial charge < -0.3 is 15.0 Å². The number of likely N-dealkylation sites (N-methyl/N-ethyl adjacent to an activating group) is 1. The molecule has 0 saturated carbocycles. The third kappa shape index (κ3) is 4.23. The molecule has 0 bridgehead atoms. The van der Waals surface area contributed by atoms with E-state index in [0.29, 0.717) is 6.42 Å². The minimum Gasteiger partial charge on any atom is -0.378 e. The zero-order valence-corrected chi connectivity index (χ0v) is 11.4. The molecule has 0 aromatic rings. The van der Waals surface area contributed by atoms with Gasteiger partial charge in [0.15, 0.2) is 0 Å². The third-order valence-electron chi connectivity index (χ3n) is 3.81. The molecule has 104 valence electrons. The van der Waals surface area contributed by atoms with Crippen LogP contribution in [-0.2, 0) is 9.53 Å². The molecule has 1 unspecified atom stereocenters. The van der Waals surface area contributed by atoms with Gasteiger partial charge in [-0.15, -0.1) is 0 Å². The van der Waals surface area contributed by atoms with Crippen molar-refractivity contribution in [2.24, 2.45) is 0 Å². The van der Waals surface area contributed by atoms with Crippen molar-refractivity contribution in [3.63, 3.8) is 0 Å². The molecule has 2 aliphatic rings. The smallest absolute Gasteiger partial charge is 0.224 e. The molecule has 1 amide bonds. The lowest BCUT2D eigenvalue weighted by Gasteiger charge is -2.29. The van der Waals surface area contributed by atoms with Crippen LogP contribution in [-0.4, -0.2) is 74.7 Å². The second-order valence-electron chi connectivity index (χ2n) is 5.25. The molecule has 5 nitrogen and oxygen atoms in total. The van der Waals surface area contributed by atoms with Crippen LogP contribution in [0.3, 0.4) is 0 Å². The summed E-state index contributed by atoms with van der Waals surface area (Å²) in [4.78, 5) is 16.2. The number of hydrogen-bond donors (Lipinski definition) is 1. The Kier molecular flexibility index (Phi) is 5.41. The maximum absolute atomic E-state index is 12.0. The minimum atomic E-state index is 0.166. The van der Waals surface area contributed by atoms with Gasteiger partial charge in [0.2, 0.25) is 5.91 Å². The fourth-order valence-corrected chi connectivity index (χ4v) is 2.51. The fourth-order valence-electron chi connectivity index (χ4n) is 2.51. The molecule has 2 saturated heterocycles. The highest BCUT2D eigenvalue weighted by Gasteiger charge is 2.21. The van der Waals surface area contributed by atoms with Crippen LogP contribution in [0.2, 0.25) is 0 Å². The van der Waals surface area contributed by atoms with Gasteiger partial charge in [-0.3, -0.25) is 9.69 Å². The highest BCUT2D eigenvalue weighted by atomic mass is 16.5. The van der Waals surface area contributed by atoms with Crippen LogP contribution in [0, 0.1) is 0 Å². The quantitative estimate of drug-likeness (QED) is 0.746. The predicted molar refractivity (Wildman–Crippen MR) is 70.5 cm³/mol. The van der Waals surface area contributed by atoms with Gasteiger partial charge >= 0.3 is 0 Å². The standard InChI is InChI=1S/C13H25N3O2/c1-15(8-9-16-6-4-14-5-7-16)13(17)11-12-3-2-10-18-12/h12,14H,2-11H2,1H3. The first-order chi connectivity index (χ1) is 8.75. The molecule has 0 aromatic carbocycles. The Morgan fingerprint density at radius 3 is 2.89 bits per heavy atom. The van der Waals surface area contributed by atoms with Crippen molar-refractivity contribution in [1.29, 1.82) is 0 Å². The van der Waals surface area contributed by atoms with Gasteiger partial charge in [0, 0.05) is 52.9 Å². The van der Waals surface area contributed by atoms with Crippen molar-refractivity contribution in [3.05, 3.63) is 0 Å². The minimum absolute atomic E-state index is 0.166. The van der Waals surface area contributed by atoms with Crippen LogP contribution in [0.1, 0.15) is 19.3 Å². The largest absolute Gasteiger partial charge is 0.378 e. The van der Waals surface area contributed by atoms with E-state index >= 15 is 0 Å². The van der Waals surface area contributed by atoms with Crippen LogP contribution in [0.25, 0.3) is 0 Å². The number of piperazine rings is 1. The van der Waals surface area contributed by atoms with E-state index in [0.717, 1.165) is 58.7 Å². The van der Waals surface area contributed by atoms with Crippen LogP contribution < -0.4 is 5.32 Å². The lowest BCUT2D eigenvalue weighted by molar-refractivity contribution is -0.132. The summed E-state index contributed by atoms with van der Waals surface area (Å²) in [6.07, 6.45) is 2.86. The average Bonchev–Trinajstić information content (AvgIpc) is 2.90. The Morgan fingerprint density at radius 1 is 1.44 bits per heavy atom. The topological polar surface area (TPSA) is 44.8 Å². The first-order valence-electron chi connectivity index (χ1n) is 7.04. The van der Waals surface area contributed by atoms with Crippen molar-refractivity contribution in [2.75, 3.05) is 52.9 Å². The van der Waals surface area contributed by atoms with Gasteiger partial charge in [0.05, 0.1) is 12.5 Å². The van der Waals surface area contributed by atoms with E-state index in [1.807, 2.05) is 11.9 Å². The molecule has 2 heterocycles.